The molecule has 0 aliphatic rings. The van der Waals surface area contributed by atoms with E-state index < -0.39 is 0 Å². The van der Waals surface area contributed by atoms with Crippen LogP contribution in [0.25, 0.3) is 0 Å². The van der Waals surface area contributed by atoms with Crippen molar-refractivity contribution in [1.29, 1.82) is 0 Å². The minimum absolute atomic E-state index is 0.218. The zero-order valence-corrected chi connectivity index (χ0v) is 10.3. The Morgan fingerprint density at radius 2 is 1.89 bits per heavy atom. The van der Waals surface area contributed by atoms with Gasteiger partial charge in [-0.2, -0.15) is 0 Å². The maximum absolute atomic E-state index is 12.0. The first kappa shape index (κ1) is 12.7. The monoisotopic (exact) mass is 256 g/mol. The molecule has 6 nitrogen and oxygen atoms in total. The average Bonchev–Trinajstić information content (AvgIpc) is 2.48. The second kappa shape index (κ2) is 5.72. The molecule has 2 rings (SSSR count). The molecule has 0 saturated carbocycles. The number of rotatable bonds is 3. The Morgan fingerprint density at radius 3 is 2.58 bits per heavy atom. The van der Waals surface area contributed by atoms with Gasteiger partial charge in [-0.1, -0.05) is 0 Å². The number of amides is 2. The largest absolute Gasteiger partial charge is 0.355 e. The van der Waals surface area contributed by atoms with Crippen molar-refractivity contribution < 1.29 is 9.59 Å². The summed E-state index contributed by atoms with van der Waals surface area (Å²) in [6.45, 7) is 0. The Hall–Kier alpha value is -2.76. The molecular weight excluding hydrogens is 244 g/mol. The third kappa shape index (κ3) is 2.92. The Kier molecular flexibility index (Phi) is 3.82. The van der Waals surface area contributed by atoms with E-state index >= 15 is 0 Å². The van der Waals surface area contributed by atoms with Gasteiger partial charge in [0.1, 0.15) is 5.82 Å². The van der Waals surface area contributed by atoms with Crippen LogP contribution in [0.3, 0.4) is 0 Å². The van der Waals surface area contributed by atoms with Gasteiger partial charge in [-0.15, -0.1) is 0 Å². The molecule has 0 aromatic carbocycles. The van der Waals surface area contributed by atoms with Crippen LogP contribution in [0.15, 0.2) is 42.9 Å². The molecule has 2 amide bonds. The highest BCUT2D eigenvalue weighted by Crippen LogP contribution is 2.12. The van der Waals surface area contributed by atoms with E-state index in [1.165, 1.54) is 19.4 Å². The summed E-state index contributed by atoms with van der Waals surface area (Å²) >= 11 is 0. The van der Waals surface area contributed by atoms with Crippen LogP contribution in [-0.2, 0) is 0 Å². The van der Waals surface area contributed by atoms with Gasteiger partial charge < -0.3 is 10.6 Å². The fraction of sp³-hybridized carbons (Fsp3) is 0.0769. The molecule has 96 valence electrons. The zero-order chi connectivity index (χ0) is 13.7. The molecule has 0 radical (unpaired) electrons. The second-order valence-electron chi connectivity index (χ2n) is 3.67. The van der Waals surface area contributed by atoms with Gasteiger partial charge in [-0.25, -0.2) is 4.98 Å². The minimum Gasteiger partial charge on any atom is -0.355 e. The van der Waals surface area contributed by atoms with Gasteiger partial charge in [0.15, 0.2) is 0 Å². The van der Waals surface area contributed by atoms with Crippen LogP contribution >= 0.6 is 0 Å². The van der Waals surface area contributed by atoms with E-state index in [1.54, 1.807) is 30.5 Å². The molecule has 0 aliphatic carbocycles. The molecule has 19 heavy (non-hydrogen) atoms. The number of hydrogen-bond donors (Lipinski definition) is 2. The summed E-state index contributed by atoms with van der Waals surface area (Å²) in [7, 11) is 1.52. The number of carbonyl (C=O) groups is 2. The first-order valence-electron chi connectivity index (χ1n) is 5.61. The lowest BCUT2D eigenvalue weighted by Gasteiger charge is -2.08. The predicted octanol–water partition coefficient (Wildman–Crippen LogP) is 1.09. The molecule has 0 bridgehead atoms. The molecule has 2 aromatic rings. The van der Waals surface area contributed by atoms with Crippen LogP contribution in [0.5, 0.6) is 0 Å². The maximum atomic E-state index is 12.0. The molecule has 6 heteroatoms. The maximum Gasteiger partial charge on any atom is 0.258 e. The number of aromatic nitrogens is 2. The zero-order valence-electron chi connectivity index (χ0n) is 10.3. The molecule has 0 fully saturated rings. The van der Waals surface area contributed by atoms with E-state index in [9.17, 15) is 9.59 Å². The third-order valence-electron chi connectivity index (χ3n) is 2.44. The Bertz CT molecular complexity index is 599. The summed E-state index contributed by atoms with van der Waals surface area (Å²) in [4.78, 5) is 31.5. The summed E-state index contributed by atoms with van der Waals surface area (Å²) in [5.74, 6) is -0.456. The summed E-state index contributed by atoms with van der Waals surface area (Å²) in [5, 5.41) is 5.08. The Balaban J connectivity index is 2.25. The molecule has 0 saturated heterocycles. The Labute approximate surface area is 109 Å². The van der Waals surface area contributed by atoms with Crippen LogP contribution in [0.1, 0.15) is 20.7 Å². The summed E-state index contributed by atoms with van der Waals surface area (Å²) in [5.41, 5.74) is 0.707. The summed E-state index contributed by atoms with van der Waals surface area (Å²) in [6.07, 6.45) is 4.52. The third-order valence-corrected chi connectivity index (χ3v) is 2.44. The topological polar surface area (TPSA) is 84.0 Å². The fourth-order valence-corrected chi connectivity index (χ4v) is 1.50. The van der Waals surface area contributed by atoms with E-state index in [0.717, 1.165) is 0 Å². The van der Waals surface area contributed by atoms with Crippen LogP contribution in [-0.4, -0.2) is 28.8 Å². The second-order valence-corrected chi connectivity index (χ2v) is 3.67. The molecule has 0 spiro atoms. The first-order chi connectivity index (χ1) is 9.22. The van der Waals surface area contributed by atoms with Crippen LogP contribution in [0, 0.1) is 0 Å². The highest BCUT2D eigenvalue weighted by molar-refractivity contribution is 6.07. The van der Waals surface area contributed by atoms with E-state index in [4.69, 9.17) is 0 Å². The first-order valence-corrected chi connectivity index (χ1v) is 5.61. The normalized spacial score (nSPS) is 9.74. The van der Waals surface area contributed by atoms with Crippen molar-refractivity contribution in [3.05, 3.63) is 54.0 Å². The van der Waals surface area contributed by atoms with Gasteiger partial charge >= 0.3 is 0 Å². The Morgan fingerprint density at radius 1 is 1.11 bits per heavy atom. The number of nitrogens with zero attached hydrogens (tertiary/aromatic N) is 2. The van der Waals surface area contributed by atoms with Gasteiger partial charge in [-0.3, -0.25) is 14.6 Å². The van der Waals surface area contributed by atoms with Crippen LogP contribution < -0.4 is 10.6 Å². The van der Waals surface area contributed by atoms with Gasteiger partial charge in [0, 0.05) is 25.6 Å². The molecule has 2 heterocycles. The lowest BCUT2D eigenvalue weighted by Crippen LogP contribution is -2.22. The molecule has 0 aliphatic heterocycles. The lowest BCUT2D eigenvalue weighted by molar-refractivity contribution is 0.0963. The van der Waals surface area contributed by atoms with Gasteiger partial charge in [-0.05, 0) is 24.3 Å². The van der Waals surface area contributed by atoms with Gasteiger partial charge in [0.2, 0.25) is 0 Å². The molecule has 2 N–H and O–H groups in total. The van der Waals surface area contributed by atoms with Crippen molar-refractivity contribution in [2.75, 3.05) is 12.4 Å². The average molecular weight is 256 g/mol. The fourth-order valence-electron chi connectivity index (χ4n) is 1.50. The molecule has 2 aromatic heterocycles. The number of pyridine rings is 2. The van der Waals surface area contributed by atoms with E-state index in [-0.39, 0.29) is 17.6 Å². The highest BCUT2D eigenvalue weighted by Gasteiger charge is 2.14. The SMILES string of the molecule is CNC(=O)c1cccnc1NC(=O)c1cccnc1. The highest BCUT2D eigenvalue weighted by atomic mass is 16.2. The van der Waals surface area contributed by atoms with Crippen molar-refractivity contribution in [1.82, 2.24) is 15.3 Å². The van der Waals surface area contributed by atoms with Crippen LogP contribution in [0.2, 0.25) is 0 Å². The van der Waals surface area contributed by atoms with E-state index in [0.29, 0.717) is 11.1 Å². The lowest BCUT2D eigenvalue weighted by atomic mass is 10.2. The van der Waals surface area contributed by atoms with Gasteiger partial charge in [0.25, 0.3) is 11.8 Å². The van der Waals surface area contributed by atoms with Crippen molar-refractivity contribution in [3.63, 3.8) is 0 Å². The number of anilines is 1. The standard InChI is InChI=1S/C13H12N4O2/c1-14-13(19)10-5-3-7-16-11(10)17-12(18)9-4-2-6-15-8-9/h2-8H,1H3,(H,14,19)(H,16,17,18). The van der Waals surface area contributed by atoms with Crippen molar-refractivity contribution in [2.45, 2.75) is 0 Å². The smallest absolute Gasteiger partial charge is 0.258 e. The molecule has 0 atom stereocenters. The number of nitrogens with one attached hydrogen (secondary N) is 2. The predicted molar refractivity (Wildman–Crippen MR) is 69.8 cm³/mol. The quantitative estimate of drug-likeness (QED) is 0.861. The van der Waals surface area contributed by atoms with Crippen LogP contribution in [0.4, 0.5) is 5.82 Å². The summed E-state index contributed by atoms with van der Waals surface area (Å²) in [6, 6.07) is 6.51. The van der Waals surface area contributed by atoms with Crippen molar-refractivity contribution in [2.24, 2.45) is 0 Å². The van der Waals surface area contributed by atoms with Crippen molar-refractivity contribution in [3.8, 4) is 0 Å². The van der Waals surface area contributed by atoms with E-state index in [1.807, 2.05) is 0 Å². The summed E-state index contributed by atoms with van der Waals surface area (Å²) < 4.78 is 0. The van der Waals surface area contributed by atoms with Gasteiger partial charge in [0.05, 0.1) is 11.1 Å². The number of carbonyl (C=O) groups excluding carboxylic acids is 2. The minimum atomic E-state index is -0.364. The molecular formula is C13H12N4O2. The van der Waals surface area contributed by atoms with Crippen molar-refractivity contribution >= 4 is 17.6 Å². The molecule has 0 unspecified atom stereocenters. The number of hydrogen-bond acceptors (Lipinski definition) is 4. The van der Waals surface area contributed by atoms with E-state index in [2.05, 4.69) is 20.6 Å².